The second-order valence-electron chi connectivity index (χ2n) is 15.0. The molecule has 8 heteroatoms. The monoisotopic (exact) mass is 848 g/mol. The molecule has 0 spiro atoms. The minimum Gasteiger partial charge on any atom is -0.392 e. The number of aryl methyl sites for hydroxylation is 1. The van der Waals surface area contributed by atoms with Crippen molar-refractivity contribution in [2.24, 2.45) is 10.7 Å². The van der Waals surface area contributed by atoms with Crippen LogP contribution in [0.4, 0.5) is 0 Å². The number of nitrogens with zero attached hydrogens (tertiary/aromatic N) is 1. The highest BCUT2D eigenvalue weighted by Gasteiger charge is 2.28. The van der Waals surface area contributed by atoms with Gasteiger partial charge in [-0.15, -0.1) is 0 Å². The number of nitrogens with two attached hydrogens (primary N) is 1. The lowest BCUT2D eigenvalue weighted by atomic mass is 9.78. The first-order valence-electron chi connectivity index (χ1n) is 19.6. The van der Waals surface area contributed by atoms with Gasteiger partial charge in [-0.3, -0.25) is 9.79 Å². The van der Waals surface area contributed by atoms with Crippen LogP contribution in [0.3, 0.4) is 0 Å². The van der Waals surface area contributed by atoms with E-state index in [9.17, 15) is 9.90 Å². The topological polar surface area (TPSA) is 75.7 Å². The molecule has 0 saturated heterocycles. The van der Waals surface area contributed by atoms with Crippen LogP contribution in [-0.4, -0.2) is 16.6 Å². The van der Waals surface area contributed by atoms with E-state index in [0.717, 1.165) is 52.8 Å². The Bertz CT molecular complexity index is 2370. The van der Waals surface area contributed by atoms with Crippen LogP contribution in [0, 0.1) is 6.92 Å². The SMILES string of the molecule is C[C@@H](N=C1CCC(c2ccc(Cl)c(Cl)c2)c2ccccc21)c1ccc(CO)cc1.Cc1ccc([C@@H](C)N)cc1.O=C1CCC(c2ccc(Cl)c(Cl)c2)c2ccccc21. The summed E-state index contributed by atoms with van der Waals surface area (Å²) in [6, 6.07) is 44.5. The lowest BCUT2D eigenvalue weighted by molar-refractivity contribution is 0.0969. The van der Waals surface area contributed by atoms with E-state index >= 15 is 0 Å². The third kappa shape index (κ3) is 10.7. The number of rotatable bonds is 6. The Morgan fingerprint density at radius 1 is 0.638 bits per heavy atom. The average molecular weight is 851 g/mol. The summed E-state index contributed by atoms with van der Waals surface area (Å²) in [5.41, 5.74) is 18.1. The highest BCUT2D eigenvalue weighted by molar-refractivity contribution is 6.42. The molecule has 0 heterocycles. The van der Waals surface area contributed by atoms with E-state index < -0.39 is 0 Å². The number of aliphatic hydroxyl groups is 1. The zero-order valence-electron chi connectivity index (χ0n) is 32.9. The van der Waals surface area contributed by atoms with Crippen LogP contribution in [0.1, 0.15) is 124 Å². The third-order valence-electron chi connectivity index (χ3n) is 10.9. The van der Waals surface area contributed by atoms with E-state index in [4.69, 9.17) is 57.1 Å². The quantitative estimate of drug-likeness (QED) is 0.175. The van der Waals surface area contributed by atoms with Gasteiger partial charge in [-0.1, -0.05) is 161 Å². The van der Waals surface area contributed by atoms with Crippen LogP contribution in [-0.2, 0) is 6.61 Å². The molecule has 0 bridgehead atoms. The molecular formula is C50H48Cl4N2O2. The molecular weight excluding hydrogens is 802 g/mol. The Morgan fingerprint density at radius 3 is 1.67 bits per heavy atom. The van der Waals surface area contributed by atoms with Crippen LogP contribution < -0.4 is 5.73 Å². The molecule has 4 atom stereocenters. The number of aliphatic imine (C=N–C) groups is 1. The Kier molecular flexibility index (Phi) is 15.0. The second kappa shape index (κ2) is 20.1. The molecule has 8 rings (SSSR count). The van der Waals surface area contributed by atoms with Crippen molar-refractivity contribution in [1.82, 2.24) is 0 Å². The maximum Gasteiger partial charge on any atom is 0.163 e. The number of aliphatic hydroxyl groups excluding tert-OH is 1. The van der Waals surface area contributed by atoms with Gasteiger partial charge in [-0.2, -0.15) is 0 Å². The first kappa shape index (κ1) is 43.3. The molecule has 6 aromatic carbocycles. The first-order chi connectivity index (χ1) is 27.9. The maximum absolute atomic E-state index is 11.9. The zero-order valence-corrected chi connectivity index (χ0v) is 36.0. The van der Waals surface area contributed by atoms with Crippen LogP contribution in [0.15, 0.2) is 138 Å². The number of Topliss-reactive ketones (excluding diaryl/α,β-unsaturated/α-hetero) is 1. The molecule has 298 valence electrons. The van der Waals surface area contributed by atoms with Crippen molar-refractivity contribution in [2.45, 2.75) is 77.0 Å². The number of ketones is 1. The molecule has 6 aromatic rings. The van der Waals surface area contributed by atoms with Crippen molar-refractivity contribution in [3.05, 3.63) is 209 Å². The summed E-state index contributed by atoms with van der Waals surface area (Å²) < 4.78 is 0. The van der Waals surface area contributed by atoms with Gasteiger partial charge in [0.25, 0.3) is 0 Å². The molecule has 3 N–H and O–H groups in total. The van der Waals surface area contributed by atoms with Gasteiger partial charge in [0.1, 0.15) is 0 Å². The molecule has 0 amide bonds. The Labute approximate surface area is 362 Å². The highest BCUT2D eigenvalue weighted by Crippen LogP contribution is 2.40. The number of fused-ring (bicyclic) bond motifs is 2. The smallest absolute Gasteiger partial charge is 0.163 e. The van der Waals surface area contributed by atoms with Crippen LogP contribution >= 0.6 is 46.4 Å². The lowest BCUT2D eigenvalue weighted by Crippen LogP contribution is -2.18. The van der Waals surface area contributed by atoms with Crippen LogP contribution in [0.2, 0.25) is 20.1 Å². The van der Waals surface area contributed by atoms with Gasteiger partial charge in [-0.05, 0) is 109 Å². The molecule has 0 fully saturated rings. The van der Waals surface area contributed by atoms with E-state index in [0.29, 0.717) is 32.4 Å². The summed E-state index contributed by atoms with van der Waals surface area (Å²) >= 11 is 24.4. The number of carbonyl (C=O) groups excluding carboxylic acids is 1. The Morgan fingerprint density at radius 2 is 1.14 bits per heavy atom. The van der Waals surface area contributed by atoms with E-state index in [2.05, 4.69) is 68.4 Å². The number of hydrogen-bond acceptors (Lipinski definition) is 4. The van der Waals surface area contributed by atoms with Crippen molar-refractivity contribution in [2.75, 3.05) is 0 Å². The normalized spacial score (nSPS) is 17.5. The van der Waals surface area contributed by atoms with Crippen LogP contribution in [0.5, 0.6) is 0 Å². The molecule has 2 unspecified atom stereocenters. The van der Waals surface area contributed by atoms with Gasteiger partial charge in [0, 0.05) is 35.6 Å². The first-order valence-corrected chi connectivity index (χ1v) is 21.1. The minimum atomic E-state index is 0.0622. The fourth-order valence-electron chi connectivity index (χ4n) is 7.62. The Balaban J connectivity index is 0.000000167. The Hall–Kier alpha value is -4.26. The van der Waals surface area contributed by atoms with Crippen molar-refractivity contribution in [3.8, 4) is 0 Å². The summed E-state index contributed by atoms with van der Waals surface area (Å²) in [6.07, 6.45) is 3.32. The van der Waals surface area contributed by atoms with Gasteiger partial charge < -0.3 is 10.8 Å². The van der Waals surface area contributed by atoms with Crippen molar-refractivity contribution >= 4 is 57.9 Å². The maximum atomic E-state index is 11.9. The second-order valence-corrected chi connectivity index (χ2v) is 16.6. The molecule has 2 aliphatic rings. The summed E-state index contributed by atoms with van der Waals surface area (Å²) in [7, 11) is 0. The van der Waals surface area contributed by atoms with Gasteiger partial charge >= 0.3 is 0 Å². The number of carbonyl (C=O) groups is 1. The number of hydrogen-bond donors (Lipinski definition) is 2. The van der Waals surface area contributed by atoms with Gasteiger partial charge in [0.05, 0.1) is 32.7 Å². The standard InChI is InChI=1S/C25H23Cl2NO.C16H12Cl2O.C9H13N/c1-16(18-8-6-17(15-29)7-9-18)28-25-13-11-20(21-4-2-3-5-22(21)25)19-10-12-23(26)24(27)14-19;17-14-7-5-10(9-15(14)18)11-6-8-16(19)13-4-2-1-3-12(11)13;1-7-3-5-9(6-4-7)8(2)10/h2-10,12,14,16,20,29H,11,13,15H2,1H3;1-5,7,9,11H,6,8H2;3-6,8H,10H2,1-2H3/t16-,20?;;8-/m1.1/s1. The predicted molar refractivity (Wildman–Crippen MR) is 243 cm³/mol. The fraction of sp³-hybridized carbons (Fsp3) is 0.240. The van der Waals surface area contributed by atoms with E-state index in [1.807, 2.05) is 85.8 Å². The van der Waals surface area contributed by atoms with Crippen molar-refractivity contribution in [1.29, 1.82) is 0 Å². The molecule has 0 saturated carbocycles. The largest absolute Gasteiger partial charge is 0.392 e. The lowest BCUT2D eigenvalue weighted by Gasteiger charge is -2.28. The fourth-order valence-corrected chi connectivity index (χ4v) is 8.23. The predicted octanol–water partition coefficient (Wildman–Crippen LogP) is 14.1. The van der Waals surface area contributed by atoms with E-state index in [1.54, 1.807) is 0 Å². The van der Waals surface area contributed by atoms with Crippen molar-refractivity contribution < 1.29 is 9.90 Å². The van der Waals surface area contributed by atoms with E-state index in [-0.39, 0.29) is 30.4 Å². The average Bonchev–Trinajstić information content (AvgIpc) is 3.24. The highest BCUT2D eigenvalue weighted by atomic mass is 35.5. The number of halogens is 4. The molecule has 0 aromatic heterocycles. The zero-order chi connectivity index (χ0) is 41.3. The molecule has 0 radical (unpaired) electrons. The van der Waals surface area contributed by atoms with Gasteiger partial charge in [-0.25, -0.2) is 0 Å². The summed E-state index contributed by atoms with van der Waals surface area (Å²) in [6.45, 7) is 6.25. The molecule has 2 aliphatic carbocycles. The molecule has 58 heavy (non-hydrogen) atoms. The van der Waals surface area contributed by atoms with Crippen LogP contribution in [0.25, 0.3) is 0 Å². The molecule has 0 aliphatic heterocycles. The number of benzene rings is 6. The van der Waals surface area contributed by atoms with Crippen molar-refractivity contribution in [3.63, 3.8) is 0 Å². The summed E-state index contributed by atoms with van der Waals surface area (Å²) in [4.78, 5) is 17.0. The summed E-state index contributed by atoms with van der Waals surface area (Å²) in [5, 5.41) is 11.6. The van der Waals surface area contributed by atoms with Gasteiger partial charge in [0.2, 0.25) is 0 Å². The molecule has 4 nitrogen and oxygen atoms in total. The summed E-state index contributed by atoms with van der Waals surface area (Å²) in [5.74, 6) is 0.745. The van der Waals surface area contributed by atoms with Gasteiger partial charge in [0.15, 0.2) is 5.78 Å². The van der Waals surface area contributed by atoms with E-state index in [1.165, 1.54) is 27.8 Å². The third-order valence-corrected chi connectivity index (χ3v) is 12.4. The minimum absolute atomic E-state index is 0.0622.